The van der Waals surface area contributed by atoms with E-state index in [2.05, 4.69) is 0 Å². The third-order valence-electron chi connectivity index (χ3n) is 5.23. The largest absolute Gasteiger partial charge is 0.456 e. The number of allylic oxidation sites excluding steroid dienone is 1. The lowest BCUT2D eigenvalue weighted by molar-refractivity contribution is -0.235. The molecule has 0 N–H and O–H groups in total. The minimum Gasteiger partial charge on any atom is -0.456 e. The summed E-state index contributed by atoms with van der Waals surface area (Å²) in [5.74, 6) is -1.92. The van der Waals surface area contributed by atoms with Gasteiger partial charge in [0, 0.05) is 0 Å². The first kappa shape index (κ1) is 18.4. The van der Waals surface area contributed by atoms with Gasteiger partial charge in [-0.1, -0.05) is 12.2 Å². The van der Waals surface area contributed by atoms with E-state index in [-0.39, 0.29) is 18.0 Å². The maximum atomic E-state index is 12.7. The first-order valence-corrected chi connectivity index (χ1v) is 9.44. The van der Waals surface area contributed by atoms with E-state index >= 15 is 0 Å². The second-order valence-electron chi connectivity index (χ2n) is 8.30. The molecule has 0 aromatic rings. The van der Waals surface area contributed by atoms with Gasteiger partial charge in [-0.3, -0.25) is 4.79 Å². The van der Waals surface area contributed by atoms with Gasteiger partial charge in [-0.2, -0.15) is 0 Å². The van der Waals surface area contributed by atoms with Crippen molar-refractivity contribution in [3.8, 4) is 0 Å². The smallest absolute Gasteiger partial charge is 0.313 e. The fraction of sp³-hybridized carbons (Fsp3) is 0.842. The molecule has 0 aromatic heterocycles. The Kier molecular flexibility index (Phi) is 4.64. The average Bonchev–Trinajstić information content (AvgIpc) is 3.18. The number of hydrogen-bond donors (Lipinski definition) is 0. The van der Waals surface area contributed by atoms with Gasteiger partial charge >= 0.3 is 5.97 Å². The van der Waals surface area contributed by atoms with Crippen LogP contribution in [-0.4, -0.2) is 54.9 Å². The molecule has 1 aliphatic carbocycles. The highest BCUT2D eigenvalue weighted by Gasteiger charge is 2.60. The van der Waals surface area contributed by atoms with Crippen LogP contribution in [0, 0.1) is 5.92 Å². The Hall–Kier alpha value is -0.990. The van der Waals surface area contributed by atoms with Crippen LogP contribution in [0.25, 0.3) is 0 Å². The normalized spacial score (nSPS) is 43.4. The van der Waals surface area contributed by atoms with Crippen LogP contribution < -0.4 is 0 Å². The summed E-state index contributed by atoms with van der Waals surface area (Å²) in [4.78, 5) is 12.7. The van der Waals surface area contributed by atoms with Gasteiger partial charge in [0.05, 0.1) is 12.5 Å². The minimum absolute atomic E-state index is 0.212. The van der Waals surface area contributed by atoms with E-state index in [1.807, 2.05) is 39.8 Å². The topological polar surface area (TPSA) is 72.5 Å². The molecule has 0 radical (unpaired) electrons. The number of carbonyl (C=O) groups excluding carboxylic acids is 1. The van der Waals surface area contributed by atoms with Crippen molar-refractivity contribution in [2.45, 2.75) is 89.2 Å². The molecule has 4 aliphatic rings. The molecule has 0 aromatic carbocycles. The third-order valence-corrected chi connectivity index (χ3v) is 5.23. The Balaban J connectivity index is 1.51. The van der Waals surface area contributed by atoms with E-state index in [9.17, 15) is 4.79 Å². The van der Waals surface area contributed by atoms with Gasteiger partial charge in [0.2, 0.25) is 0 Å². The van der Waals surface area contributed by atoms with Gasteiger partial charge in [0.25, 0.3) is 0 Å². The van der Waals surface area contributed by atoms with Crippen molar-refractivity contribution in [2.75, 3.05) is 6.61 Å². The van der Waals surface area contributed by atoms with Crippen molar-refractivity contribution in [1.29, 1.82) is 0 Å². The number of hydrogen-bond acceptors (Lipinski definition) is 7. The number of carbonyl (C=O) groups is 1. The van der Waals surface area contributed by atoms with Crippen molar-refractivity contribution < 1.29 is 33.2 Å². The SMILES string of the molecule is CC1(C)O[C@H]2O[C@H]([C@H]3COC(C)(C)O3)[C@H](OC(=O)[C@H]3C=CCCC3)[C@H]2O1. The molecule has 4 rings (SSSR count). The van der Waals surface area contributed by atoms with Crippen LogP contribution in [0.4, 0.5) is 0 Å². The summed E-state index contributed by atoms with van der Waals surface area (Å²) in [6.45, 7) is 7.73. The van der Waals surface area contributed by atoms with Crippen molar-refractivity contribution in [1.82, 2.24) is 0 Å². The predicted octanol–water partition coefficient (Wildman–Crippen LogP) is 2.28. The predicted molar refractivity (Wildman–Crippen MR) is 90.0 cm³/mol. The summed E-state index contributed by atoms with van der Waals surface area (Å²) < 4.78 is 35.4. The Morgan fingerprint density at radius 3 is 2.54 bits per heavy atom. The Morgan fingerprint density at radius 1 is 1.08 bits per heavy atom. The Bertz CT molecular complexity index is 584. The van der Waals surface area contributed by atoms with Crippen molar-refractivity contribution in [3.63, 3.8) is 0 Å². The molecule has 7 nitrogen and oxygen atoms in total. The molecule has 7 heteroatoms. The van der Waals surface area contributed by atoms with Crippen molar-refractivity contribution >= 4 is 5.97 Å². The molecule has 3 fully saturated rings. The van der Waals surface area contributed by atoms with Crippen LogP contribution in [0.15, 0.2) is 12.2 Å². The fourth-order valence-corrected chi connectivity index (χ4v) is 4.05. The number of ether oxygens (including phenoxy) is 6. The summed E-state index contributed by atoms with van der Waals surface area (Å²) in [6.07, 6.45) is 4.31. The molecule has 146 valence electrons. The quantitative estimate of drug-likeness (QED) is 0.559. The van der Waals surface area contributed by atoms with E-state index in [1.165, 1.54) is 0 Å². The maximum Gasteiger partial charge on any atom is 0.313 e. The number of rotatable bonds is 3. The Morgan fingerprint density at radius 2 is 1.88 bits per heavy atom. The molecule has 0 amide bonds. The summed E-state index contributed by atoms with van der Waals surface area (Å²) >= 11 is 0. The summed E-state index contributed by atoms with van der Waals surface area (Å²) in [5.41, 5.74) is 0. The molecule has 0 unspecified atom stereocenters. The fourth-order valence-electron chi connectivity index (χ4n) is 4.05. The standard InChI is InChI=1S/C19H28O7/c1-18(2)21-10-12(24-18)13-14(15-17(23-13)26-19(3,4)25-15)22-16(20)11-8-6-5-7-9-11/h6,8,11-15,17H,5,7,9-10H2,1-4H3/t11-,12+,13+,14-,15+,17+/m0/s1. The molecule has 3 heterocycles. The summed E-state index contributed by atoms with van der Waals surface area (Å²) in [5, 5.41) is 0. The first-order chi connectivity index (χ1) is 12.2. The zero-order valence-corrected chi connectivity index (χ0v) is 15.8. The lowest BCUT2D eigenvalue weighted by Crippen LogP contribution is -2.45. The van der Waals surface area contributed by atoms with Crippen LogP contribution in [0.3, 0.4) is 0 Å². The monoisotopic (exact) mass is 368 g/mol. The highest BCUT2D eigenvalue weighted by molar-refractivity contribution is 5.75. The number of esters is 1. The molecule has 6 atom stereocenters. The average molecular weight is 368 g/mol. The van der Waals surface area contributed by atoms with E-state index < -0.39 is 36.2 Å². The van der Waals surface area contributed by atoms with Gasteiger partial charge < -0.3 is 28.4 Å². The summed E-state index contributed by atoms with van der Waals surface area (Å²) in [6, 6.07) is 0. The van der Waals surface area contributed by atoms with Gasteiger partial charge in [0.1, 0.15) is 12.2 Å². The van der Waals surface area contributed by atoms with Gasteiger partial charge in [-0.05, 0) is 47.0 Å². The molecular weight excluding hydrogens is 340 g/mol. The lowest BCUT2D eigenvalue weighted by atomic mass is 9.96. The molecule has 26 heavy (non-hydrogen) atoms. The maximum absolute atomic E-state index is 12.7. The third kappa shape index (κ3) is 3.55. The highest BCUT2D eigenvalue weighted by Crippen LogP contribution is 2.42. The van der Waals surface area contributed by atoms with Gasteiger partial charge in [0.15, 0.2) is 30.1 Å². The second-order valence-corrected chi connectivity index (χ2v) is 8.30. The first-order valence-electron chi connectivity index (χ1n) is 9.44. The van der Waals surface area contributed by atoms with E-state index in [0.29, 0.717) is 6.61 Å². The van der Waals surface area contributed by atoms with Crippen LogP contribution in [0.5, 0.6) is 0 Å². The van der Waals surface area contributed by atoms with Crippen LogP contribution in [0.1, 0.15) is 47.0 Å². The molecule has 0 spiro atoms. The Labute approximate surface area is 153 Å². The molecular formula is C19H28O7. The van der Waals surface area contributed by atoms with Crippen LogP contribution >= 0.6 is 0 Å². The molecule has 0 saturated carbocycles. The minimum atomic E-state index is -0.776. The van der Waals surface area contributed by atoms with Crippen LogP contribution in [0.2, 0.25) is 0 Å². The number of fused-ring (bicyclic) bond motifs is 1. The zero-order valence-electron chi connectivity index (χ0n) is 15.8. The van der Waals surface area contributed by atoms with Crippen LogP contribution in [-0.2, 0) is 33.2 Å². The highest BCUT2D eigenvalue weighted by atomic mass is 16.8. The van der Waals surface area contributed by atoms with E-state index in [0.717, 1.165) is 19.3 Å². The zero-order chi connectivity index (χ0) is 18.5. The molecule has 3 aliphatic heterocycles. The van der Waals surface area contributed by atoms with Crippen molar-refractivity contribution in [2.24, 2.45) is 5.92 Å². The second kappa shape index (κ2) is 6.56. The molecule has 0 bridgehead atoms. The van der Waals surface area contributed by atoms with Crippen molar-refractivity contribution in [3.05, 3.63) is 12.2 Å². The van der Waals surface area contributed by atoms with Gasteiger partial charge in [-0.15, -0.1) is 0 Å². The lowest BCUT2D eigenvalue weighted by Gasteiger charge is -2.29. The van der Waals surface area contributed by atoms with E-state index in [4.69, 9.17) is 28.4 Å². The summed E-state index contributed by atoms with van der Waals surface area (Å²) in [7, 11) is 0. The molecule has 3 saturated heterocycles. The van der Waals surface area contributed by atoms with E-state index in [1.54, 1.807) is 0 Å². The van der Waals surface area contributed by atoms with Gasteiger partial charge in [-0.25, -0.2) is 0 Å².